The number of ether oxygens (including phenoxy) is 1. The molecule has 0 atom stereocenters. The van der Waals surface area contributed by atoms with Crippen molar-refractivity contribution in [2.24, 2.45) is 5.92 Å². The predicted molar refractivity (Wildman–Crippen MR) is 57.1 cm³/mol. The molecule has 0 radical (unpaired) electrons. The van der Waals surface area contributed by atoms with Crippen LogP contribution in [-0.4, -0.2) is 36.7 Å². The van der Waals surface area contributed by atoms with E-state index in [1.54, 1.807) is 0 Å². The van der Waals surface area contributed by atoms with Gasteiger partial charge in [0.05, 0.1) is 18.9 Å². The SMILES string of the molecule is O=C(OCCC(F)(F)C(F)(F)S(=O)(=O)[O-])C1CCCC1. The Morgan fingerprint density at radius 1 is 1.20 bits per heavy atom. The first kappa shape index (κ1) is 17.2. The van der Waals surface area contributed by atoms with Crippen molar-refractivity contribution in [1.82, 2.24) is 0 Å². The molecule has 5 nitrogen and oxygen atoms in total. The van der Waals surface area contributed by atoms with E-state index in [0.717, 1.165) is 12.8 Å². The van der Waals surface area contributed by atoms with Gasteiger partial charge in [0.15, 0.2) is 10.1 Å². The lowest BCUT2D eigenvalue weighted by atomic mass is 10.1. The topological polar surface area (TPSA) is 83.5 Å². The summed E-state index contributed by atoms with van der Waals surface area (Å²) in [5.74, 6) is -6.30. The molecule has 0 aromatic carbocycles. The van der Waals surface area contributed by atoms with Crippen LogP contribution in [0, 0.1) is 5.92 Å². The molecule has 0 heterocycles. The first-order valence-corrected chi connectivity index (χ1v) is 7.27. The molecule has 1 rings (SSSR count). The molecular formula is C10H13F4O5S-. The number of hydrogen-bond acceptors (Lipinski definition) is 5. The van der Waals surface area contributed by atoms with Crippen LogP contribution in [0.15, 0.2) is 0 Å². The average molecular weight is 321 g/mol. The molecule has 0 saturated heterocycles. The van der Waals surface area contributed by atoms with Gasteiger partial charge in [-0.2, -0.15) is 17.6 Å². The van der Waals surface area contributed by atoms with Gasteiger partial charge < -0.3 is 9.29 Å². The van der Waals surface area contributed by atoms with Crippen LogP contribution in [0.2, 0.25) is 0 Å². The second kappa shape index (κ2) is 5.84. The highest BCUT2D eigenvalue weighted by Gasteiger charge is 2.61. The maximum atomic E-state index is 13.0. The predicted octanol–water partition coefficient (Wildman–Crippen LogP) is 1.88. The first-order chi connectivity index (χ1) is 8.99. The number of hydrogen-bond donors (Lipinski definition) is 0. The Bertz CT molecular complexity index is 456. The molecule has 1 fully saturated rings. The number of halogens is 4. The molecule has 1 saturated carbocycles. The van der Waals surface area contributed by atoms with Gasteiger partial charge in [-0.15, -0.1) is 0 Å². The number of alkyl halides is 4. The molecule has 0 bridgehead atoms. The second-order valence-electron chi connectivity index (χ2n) is 4.57. The summed E-state index contributed by atoms with van der Waals surface area (Å²) in [6.45, 7) is -1.08. The highest BCUT2D eigenvalue weighted by atomic mass is 32.2. The van der Waals surface area contributed by atoms with Gasteiger partial charge in [-0.05, 0) is 12.8 Å². The smallest absolute Gasteiger partial charge is 0.396 e. The molecule has 118 valence electrons. The fraction of sp³-hybridized carbons (Fsp3) is 0.900. The fourth-order valence-electron chi connectivity index (χ4n) is 1.89. The van der Waals surface area contributed by atoms with Gasteiger partial charge in [-0.3, -0.25) is 4.79 Å². The van der Waals surface area contributed by atoms with Gasteiger partial charge >= 0.3 is 17.1 Å². The molecule has 0 spiro atoms. The third-order valence-electron chi connectivity index (χ3n) is 3.09. The molecule has 0 amide bonds. The molecule has 0 aliphatic heterocycles. The minimum atomic E-state index is -6.50. The quantitative estimate of drug-likeness (QED) is 0.424. The number of esters is 1. The van der Waals surface area contributed by atoms with Crippen molar-refractivity contribution in [3.8, 4) is 0 Å². The third kappa shape index (κ3) is 3.60. The van der Waals surface area contributed by atoms with Gasteiger partial charge in [0.1, 0.15) is 0 Å². The Labute approximate surface area is 113 Å². The molecule has 0 aromatic rings. The van der Waals surface area contributed by atoms with E-state index >= 15 is 0 Å². The Morgan fingerprint density at radius 3 is 2.15 bits per heavy atom. The minimum Gasteiger partial charge on any atom is -0.743 e. The van der Waals surface area contributed by atoms with E-state index in [9.17, 15) is 35.3 Å². The molecule has 1 aliphatic carbocycles. The Balaban J connectivity index is 2.53. The number of rotatable bonds is 6. The lowest BCUT2D eigenvalue weighted by Gasteiger charge is -2.28. The van der Waals surface area contributed by atoms with Crippen LogP contribution in [0.1, 0.15) is 32.1 Å². The van der Waals surface area contributed by atoms with E-state index in [-0.39, 0.29) is 0 Å². The molecular weight excluding hydrogens is 308 g/mol. The van der Waals surface area contributed by atoms with Gasteiger partial charge in [0, 0.05) is 0 Å². The van der Waals surface area contributed by atoms with Crippen molar-refractivity contribution in [3.05, 3.63) is 0 Å². The van der Waals surface area contributed by atoms with Crippen LogP contribution < -0.4 is 0 Å². The average Bonchev–Trinajstić information content (AvgIpc) is 2.80. The van der Waals surface area contributed by atoms with Crippen LogP contribution in [0.3, 0.4) is 0 Å². The highest BCUT2D eigenvalue weighted by molar-refractivity contribution is 7.86. The molecule has 20 heavy (non-hydrogen) atoms. The second-order valence-corrected chi connectivity index (χ2v) is 6.00. The molecule has 1 aliphatic rings. The third-order valence-corrected chi connectivity index (χ3v) is 4.02. The van der Waals surface area contributed by atoms with Crippen molar-refractivity contribution < 1.29 is 40.1 Å². The van der Waals surface area contributed by atoms with Gasteiger partial charge in [0.25, 0.3) is 0 Å². The Morgan fingerprint density at radius 2 is 1.70 bits per heavy atom. The Hall–Kier alpha value is -0.900. The van der Waals surface area contributed by atoms with Crippen molar-refractivity contribution >= 4 is 16.1 Å². The van der Waals surface area contributed by atoms with Crippen molar-refractivity contribution in [3.63, 3.8) is 0 Å². The van der Waals surface area contributed by atoms with Gasteiger partial charge in [-0.25, -0.2) is 8.42 Å². The highest BCUT2D eigenvalue weighted by Crippen LogP contribution is 2.40. The summed E-state index contributed by atoms with van der Waals surface area (Å²) < 4.78 is 86.3. The zero-order valence-corrected chi connectivity index (χ0v) is 11.1. The van der Waals surface area contributed by atoms with E-state index in [1.165, 1.54) is 0 Å². The lowest BCUT2D eigenvalue weighted by molar-refractivity contribution is -0.176. The summed E-state index contributed by atoms with van der Waals surface area (Å²) >= 11 is 0. The van der Waals surface area contributed by atoms with Crippen molar-refractivity contribution in [1.29, 1.82) is 0 Å². The van der Waals surface area contributed by atoms with E-state index in [1.807, 2.05) is 0 Å². The summed E-state index contributed by atoms with van der Waals surface area (Å²) in [6, 6.07) is 0. The van der Waals surface area contributed by atoms with Gasteiger partial charge in [-0.1, -0.05) is 12.8 Å². The number of carbonyl (C=O) groups is 1. The zero-order chi connectivity index (χ0) is 15.6. The molecule has 0 unspecified atom stereocenters. The molecule has 0 N–H and O–H groups in total. The number of carbonyl (C=O) groups excluding carboxylic acids is 1. The maximum absolute atomic E-state index is 13.0. The van der Waals surface area contributed by atoms with E-state index in [0.29, 0.717) is 12.8 Å². The van der Waals surface area contributed by atoms with E-state index in [2.05, 4.69) is 4.74 Å². The normalized spacial score (nSPS) is 18.2. The first-order valence-electron chi connectivity index (χ1n) is 5.87. The standard InChI is InChI=1S/C10H14F4O5S/c11-9(12,10(13,14)20(16,17)18)5-6-19-8(15)7-3-1-2-4-7/h7H,1-6H2,(H,16,17,18)/p-1. The maximum Gasteiger partial charge on any atom is 0.396 e. The van der Waals surface area contributed by atoms with Crippen molar-refractivity contribution in [2.75, 3.05) is 6.61 Å². The van der Waals surface area contributed by atoms with Crippen LogP contribution in [-0.2, 0) is 19.6 Å². The van der Waals surface area contributed by atoms with Gasteiger partial charge in [0.2, 0.25) is 0 Å². The lowest BCUT2D eigenvalue weighted by Crippen LogP contribution is -2.47. The monoisotopic (exact) mass is 321 g/mol. The summed E-state index contributed by atoms with van der Waals surface area (Å²) in [4.78, 5) is 11.3. The summed E-state index contributed by atoms with van der Waals surface area (Å²) in [7, 11) is -6.50. The summed E-state index contributed by atoms with van der Waals surface area (Å²) in [5.41, 5.74) is 0. The molecule has 0 aromatic heterocycles. The van der Waals surface area contributed by atoms with Crippen LogP contribution in [0.25, 0.3) is 0 Å². The summed E-state index contributed by atoms with van der Waals surface area (Å²) in [5, 5.41) is -5.74. The Kier molecular flexibility index (Phi) is 5.01. The van der Waals surface area contributed by atoms with E-state index < -0.39 is 46.2 Å². The minimum absolute atomic E-state index is 0.438. The van der Waals surface area contributed by atoms with Crippen LogP contribution in [0.4, 0.5) is 17.6 Å². The fourth-order valence-corrected chi connectivity index (χ4v) is 2.36. The van der Waals surface area contributed by atoms with Crippen LogP contribution >= 0.6 is 0 Å². The zero-order valence-electron chi connectivity index (χ0n) is 10.3. The largest absolute Gasteiger partial charge is 0.743 e. The van der Waals surface area contributed by atoms with Crippen LogP contribution in [0.5, 0.6) is 0 Å². The summed E-state index contributed by atoms with van der Waals surface area (Å²) in [6.07, 6.45) is 0.936. The molecule has 10 heteroatoms. The van der Waals surface area contributed by atoms with Crippen molar-refractivity contribution in [2.45, 2.75) is 43.3 Å². The van der Waals surface area contributed by atoms with E-state index in [4.69, 9.17) is 0 Å².